The van der Waals surface area contributed by atoms with E-state index in [1.807, 2.05) is 0 Å². The van der Waals surface area contributed by atoms with Gasteiger partial charge in [0.1, 0.15) is 5.75 Å². The number of anilines is 2. The molecule has 0 aliphatic rings. The van der Waals surface area contributed by atoms with Crippen molar-refractivity contribution in [1.82, 2.24) is 0 Å². The molecule has 0 spiro atoms. The summed E-state index contributed by atoms with van der Waals surface area (Å²) in [6.07, 6.45) is 0. The van der Waals surface area contributed by atoms with Gasteiger partial charge in [0.25, 0.3) is 15.9 Å². The molecule has 0 heterocycles. The Morgan fingerprint density at radius 3 is 2.31 bits per heavy atom. The number of carbonyl (C=O) groups is 2. The summed E-state index contributed by atoms with van der Waals surface area (Å²) in [6, 6.07) is 16.9. The van der Waals surface area contributed by atoms with Crippen LogP contribution >= 0.6 is 11.6 Å². The van der Waals surface area contributed by atoms with Crippen molar-refractivity contribution < 1.29 is 22.7 Å². The third-order valence-electron chi connectivity index (χ3n) is 4.80. The van der Waals surface area contributed by atoms with Crippen molar-refractivity contribution in [2.45, 2.75) is 11.8 Å². The summed E-state index contributed by atoms with van der Waals surface area (Å²) < 4.78 is 32.5. The van der Waals surface area contributed by atoms with Crippen LogP contribution in [0.3, 0.4) is 0 Å². The lowest BCUT2D eigenvalue weighted by Gasteiger charge is -2.20. The van der Waals surface area contributed by atoms with Gasteiger partial charge in [0.2, 0.25) is 0 Å². The first-order valence-corrected chi connectivity index (χ1v) is 11.3. The molecular formula is C23H21ClN2O5S. The lowest BCUT2D eigenvalue weighted by atomic mass is 10.1. The molecule has 9 heteroatoms. The average molecular weight is 473 g/mol. The molecule has 0 aliphatic heterocycles. The summed E-state index contributed by atoms with van der Waals surface area (Å²) >= 11 is 6.18. The number of rotatable bonds is 7. The van der Waals surface area contributed by atoms with Crippen LogP contribution in [0.15, 0.2) is 71.6 Å². The fourth-order valence-corrected chi connectivity index (χ4v) is 4.37. The lowest BCUT2D eigenvalue weighted by Crippen LogP contribution is -2.27. The van der Waals surface area contributed by atoms with E-state index in [1.54, 1.807) is 42.5 Å². The molecule has 0 unspecified atom stereocenters. The van der Waals surface area contributed by atoms with E-state index in [2.05, 4.69) is 5.32 Å². The first-order valence-electron chi connectivity index (χ1n) is 9.48. The fourth-order valence-electron chi connectivity index (χ4n) is 2.94. The molecule has 0 aliphatic carbocycles. The van der Waals surface area contributed by atoms with E-state index in [0.717, 1.165) is 4.31 Å². The Bertz CT molecular complexity index is 1270. The zero-order chi connectivity index (χ0) is 23.5. The van der Waals surface area contributed by atoms with Crippen molar-refractivity contribution in [2.75, 3.05) is 23.8 Å². The fraction of sp³-hybridized carbons (Fsp3) is 0.130. The Morgan fingerprint density at radius 2 is 1.69 bits per heavy atom. The summed E-state index contributed by atoms with van der Waals surface area (Å²) in [6.45, 7) is 1.42. The number of ketones is 1. The maximum atomic E-state index is 13.1. The molecule has 3 aromatic carbocycles. The van der Waals surface area contributed by atoms with E-state index in [4.69, 9.17) is 16.3 Å². The van der Waals surface area contributed by atoms with Crippen molar-refractivity contribution in [3.05, 3.63) is 82.9 Å². The molecule has 0 aromatic heterocycles. The SMILES string of the molecule is COc1ccc(N(C)S(=O)(=O)c2ccc(Cl)c(C(=O)Nc3cccc(C(C)=O)c3)c2)cc1. The highest BCUT2D eigenvalue weighted by molar-refractivity contribution is 7.92. The smallest absolute Gasteiger partial charge is 0.264 e. The number of methoxy groups -OCH3 is 1. The van der Waals surface area contributed by atoms with Crippen molar-refractivity contribution >= 4 is 44.7 Å². The number of nitrogens with zero attached hydrogens (tertiary/aromatic N) is 1. The molecule has 3 rings (SSSR count). The predicted octanol–water partition coefficient (Wildman–Crippen LogP) is 4.63. The lowest BCUT2D eigenvalue weighted by molar-refractivity contribution is 0.101. The van der Waals surface area contributed by atoms with Crippen LogP contribution in [-0.4, -0.2) is 34.3 Å². The molecular weight excluding hydrogens is 452 g/mol. The van der Waals surface area contributed by atoms with Gasteiger partial charge in [-0.15, -0.1) is 0 Å². The number of ether oxygens (including phenoxy) is 1. The minimum absolute atomic E-state index is 0.0101. The van der Waals surface area contributed by atoms with Gasteiger partial charge in [-0.1, -0.05) is 23.7 Å². The molecule has 0 saturated carbocycles. The van der Waals surface area contributed by atoms with Gasteiger partial charge in [-0.25, -0.2) is 8.42 Å². The van der Waals surface area contributed by atoms with E-state index in [9.17, 15) is 18.0 Å². The van der Waals surface area contributed by atoms with Crippen LogP contribution in [0.4, 0.5) is 11.4 Å². The number of nitrogens with one attached hydrogen (secondary N) is 1. The predicted molar refractivity (Wildman–Crippen MR) is 124 cm³/mol. The molecule has 0 bridgehead atoms. The molecule has 0 fully saturated rings. The molecule has 1 N–H and O–H groups in total. The maximum absolute atomic E-state index is 13.1. The minimum Gasteiger partial charge on any atom is -0.497 e. The van der Waals surface area contributed by atoms with Gasteiger partial charge < -0.3 is 10.1 Å². The topological polar surface area (TPSA) is 92.8 Å². The van der Waals surface area contributed by atoms with Gasteiger partial charge in [0.05, 0.1) is 28.3 Å². The highest BCUT2D eigenvalue weighted by Gasteiger charge is 2.24. The number of Topliss-reactive ketones (excluding diaryl/α,β-unsaturated/α-hetero) is 1. The van der Waals surface area contributed by atoms with E-state index >= 15 is 0 Å². The van der Waals surface area contributed by atoms with Gasteiger partial charge in [-0.05, 0) is 61.5 Å². The number of benzene rings is 3. The normalized spacial score (nSPS) is 11.0. The number of sulfonamides is 1. The maximum Gasteiger partial charge on any atom is 0.264 e. The van der Waals surface area contributed by atoms with Crippen LogP contribution in [0.5, 0.6) is 5.75 Å². The Balaban J connectivity index is 1.90. The van der Waals surface area contributed by atoms with Crippen LogP contribution in [0.2, 0.25) is 5.02 Å². The van der Waals surface area contributed by atoms with Gasteiger partial charge in [-0.3, -0.25) is 13.9 Å². The van der Waals surface area contributed by atoms with Crippen molar-refractivity contribution in [1.29, 1.82) is 0 Å². The standard InChI is InChI=1S/C23H21ClN2O5S/c1-15(27)16-5-4-6-17(13-16)25-23(28)21-14-20(11-12-22(21)24)32(29,30)26(2)18-7-9-19(31-3)10-8-18/h4-14H,1-3H3,(H,25,28). The highest BCUT2D eigenvalue weighted by atomic mass is 35.5. The van der Waals surface area contributed by atoms with Crippen LogP contribution in [0.25, 0.3) is 0 Å². The van der Waals surface area contributed by atoms with Gasteiger partial charge in [-0.2, -0.15) is 0 Å². The van der Waals surface area contributed by atoms with E-state index < -0.39 is 15.9 Å². The molecule has 0 atom stereocenters. The first-order chi connectivity index (χ1) is 15.1. The van der Waals surface area contributed by atoms with E-state index in [0.29, 0.717) is 22.7 Å². The van der Waals surface area contributed by atoms with E-state index in [1.165, 1.54) is 45.3 Å². The number of amides is 1. The third kappa shape index (κ3) is 4.92. The Hall–Kier alpha value is -3.36. The Morgan fingerprint density at radius 1 is 1.00 bits per heavy atom. The summed E-state index contributed by atoms with van der Waals surface area (Å²) in [7, 11) is -1.03. The number of carbonyl (C=O) groups excluding carboxylic acids is 2. The molecule has 166 valence electrons. The zero-order valence-corrected chi connectivity index (χ0v) is 19.2. The van der Waals surface area contributed by atoms with Crippen LogP contribution in [0, 0.1) is 0 Å². The second-order valence-electron chi connectivity index (χ2n) is 6.90. The average Bonchev–Trinajstić information content (AvgIpc) is 2.78. The summed E-state index contributed by atoms with van der Waals surface area (Å²) in [4.78, 5) is 24.3. The summed E-state index contributed by atoms with van der Waals surface area (Å²) in [5.74, 6) is -0.146. The van der Waals surface area contributed by atoms with Crippen molar-refractivity contribution in [3.63, 3.8) is 0 Å². The molecule has 0 radical (unpaired) electrons. The van der Waals surface area contributed by atoms with Gasteiger partial charge in [0, 0.05) is 18.3 Å². The van der Waals surface area contributed by atoms with Crippen LogP contribution in [-0.2, 0) is 10.0 Å². The molecule has 0 saturated heterocycles. The largest absolute Gasteiger partial charge is 0.497 e. The Kier molecular flexibility index (Phi) is 6.86. The third-order valence-corrected chi connectivity index (χ3v) is 6.91. The number of halogens is 1. The molecule has 3 aromatic rings. The summed E-state index contributed by atoms with van der Waals surface area (Å²) in [5.41, 5.74) is 1.24. The van der Waals surface area contributed by atoms with Crippen LogP contribution < -0.4 is 14.4 Å². The second kappa shape index (κ2) is 9.42. The number of hydrogen-bond acceptors (Lipinski definition) is 5. The van der Waals surface area contributed by atoms with E-state index in [-0.39, 0.29) is 21.3 Å². The number of hydrogen-bond donors (Lipinski definition) is 1. The minimum atomic E-state index is -3.97. The van der Waals surface area contributed by atoms with Crippen molar-refractivity contribution in [3.8, 4) is 5.75 Å². The molecule has 7 nitrogen and oxygen atoms in total. The first kappa shape index (κ1) is 23.3. The molecule has 1 amide bonds. The van der Waals surface area contributed by atoms with Crippen molar-refractivity contribution in [2.24, 2.45) is 0 Å². The monoisotopic (exact) mass is 472 g/mol. The molecule has 32 heavy (non-hydrogen) atoms. The highest BCUT2D eigenvalue weighted by Crippen LogP contribution is 2.27. The summed E-state index contributed by atoms with van der Waals surface area (Å²) in [5, 5.41) is 2.74. The second-order valence-corrected chi connectivity index (χ2v) is 9.28. The quantitative estimate of drug-likeness (QED) is 0.506. The van der Waals surface area contributed by atoms with Gasteiger partial charge in [0.15, 0.2) is 5.78 Å². The zero-order valence-electron chi connectivity index (χ0n) is 17.6. The van der Waals surface area contributed by atoms with Crippen LogP contribution in [0.1, 0.15) is 27.6 Å². The Labute approximate surface area is 191 Å². The van der Waals surface area contributed by atoms with Gasteiger partial charge >= 0.3 is 0 Å².